The van der Waals surface area contributed by atoms with Crippen LogP contribution < -0.4 is 5.73 Å². The maximum Gasteiger partial charge on any atom is 0.0748 e. The summed E-state index contributed by atoms with van der Waals surface area (Å²) in [6.45, 7) is 9.84. The van der Waals surface area contributed by atoms with E-state index in [9.17, 15) is 0 Å². The highest BCUT2D eigenvalue weighted by atomic mass is 16.5. The van der Waals surface area contributed by atoms with Gasteiger partial charge in [0.1, 0.15) is 0 Å². The zero-order valence-electron chi connectivity index (χ0n) is 8.18. The Kier molecular flexibility index (Phi) is 4.69. The Morgan fingerprint density at radius 2 is 1.91 bits per heavy atom. The highest BCUT2D eigenvalue weighted by Crippen LogP contribution is 2.08. The van der Waals surface area contributed by atoms with Gasteiger partial charge in [-0.05, 0) is 26.2 Å². The van der Waals surface area contributed by atoms with Gasteiger partial charge in [-0.3, -0.25) is 0 Å². The molecule has 0 aliphatic carbocycles. The van der Waals surface area contributed by atoms with Gasteiger partial charge < -0.3 is 10.5 Å². The zero-order chi connectivity index (χ0) is 8.91. The van der Waals surface area contributed by atoms with Crippen LogP contribution >= 0.6 is 0 Å². The lowest BCUT2D eigenvalue weighted by Crippen LogP contribution is -2.34. The molecule has 0 aliphatic heterocycles. The van der Waals surface area contributed by atoms with E-state index in [1.807, 2.05) is 13.8 Å². The van der Waals surface area contributed by atoms with Gasteiger partial charge in [0.25, 0.3) is 0 Å². The van der Waals surface area contributed by atoms with E-state index in [1.165, 1.54) is 0 Å². The Hall–Kier alpha value is -0.0800. The quantitative estimate of drug-likeness (QED) is 0.663. The molecule has 0 fully saturated rings. The fourth-order valence-corrected chi connectivity index (χ4v) is 0.630. The van der Waals surface area contributed by atoms with Crippen LogP contribution in [0.2, 0.25) is 0 Å². The fraction of sp³-hybridized carbons (Fsp3) is 1.00. The van der Waals surface area contributed by atoms with Crippen molar-refractivity contribution < 1.29 is 4.74 Å². The van der Waals surface area contributed by atoms with E-state index in [0.29, 0.717) is 12.5 Å². The van der Waals surface area contributed by atoms with Crippen molar-refractivity contribution in [3.63, 3.8) is 0 Å². The molecule has 0 rings (SSSR count). The largest absolute Gasteiger partial charge is 0.374 e. The lowest BCUT2D eigenvalue weighted by atomic mass is 10.1. The number of hydrogen-bond acceptors (Lipinski definition) is 2. The monoisotopic (exact) mass is 159 g/mol. The first kappa shape index (κ1) is 10.9. The first-order valence-electron chi connectivity index (χ1n) is 4.32. The maximum atomic E-state index is 5.56. The third-order valence-corrected chi connectivity index (χ3v) is 1.68. The minimum atomic E-state index is -0.144. The van der Waals surface area contributed by atoms with Crippen LogP contribution in [-0.2, 0) is 4.74 Å². The SMILES string of the molecule is CC(C)CCOC(C)(C)CN. The third kappa shape index (κ3) is 6.32. The van der Waals surface area contributed by atoms with Crippen LogP contribution in [-0.4, -0.2) is 18.8 Å². The number of hydrogen-bond donors (Lipinski definition) is 1. The van der Waals surface area contributed by atoms with Crippen LogP contribution in [0.15, 0.2) is 0 Å². The van der Waals surface area contributed by atoms with Crippen molar-refractivity contribution in [2.24, 2.45) is 11.7 Å². The van der Waals surface area contributed by atoms with Gasteiger partial charge in [-0.1, -0.05) is 13.8 Å². The molecule has 2 nitrogen and oxygen atoms in total. The van der Waals surface area contributed by atoms with Crippen molar-refractivity contribution in [1.29, 1.82) is 0 Å². The summed E-state index contributed by atoms with van der Waals surface area (Å²) in [4.78, 5) is 0. The van der Waals surface area contributed by atoms with Crippen LogP contribution in [0.1, 0.15) is 34.1 Å². The van der Waals surface area contributed by atoms with E-state index in [0.717, 1.165) is 13.0 Å². The molecule has 0 unspecified atom stereocenters. The first-order chi connectivity index (χ1) is 4.98. The molecule has 11 heavy (non-hydrogen) atoms. The Morgan fingerprint density at radius 1 is 1.36 bits per heavy atom. The van der Waals surface area contributed by atoms with E-state index in [4.69, 9.17) is 10.5 Å². The van der Waals surface area contributed by atoms with Crippen molar-refractivity contribution in [3.05, 3.63) is 0 Å². The van der Waals surface area contributed by atoms with E-state index < -0.39 is 0 Å². The van der Waals surface area contributed by atoms with E-state index in [1.54, 1.807) is 0 Å². The molecule has 2 heteroatoms. The topological polar surface area (TPSA) is 35.2 Å². The van der Waals surface area contributed by atoms with Gasteiger partial charge in [0.05, 0.1) is 5.60 Å². The predicted molar refractivity (Wildman–Crippen MR) is 48.5 cm³/mol. The Balaban J connectivity index is 3.38. The molecule has 0 spiro atoms. The summed E-state index contributed by atoms with van der Waals surface area (Å²) in [6, 6.07) is 0. The molecule has 0 bridgehead atoms. The highest BCUT2D eigenvalue weighted by molar-refractivity contribution is 4.68. The summed E-state index contributed by atoms with van der Waals surface area (Å²) in [5.41, 5.74) is 5.35. The molecule has 68 valence electrons. The molecule has 0 radical (unpaired) electrons. The number of ether oxygens (including phenoxy) is 1. The molecule has 0 aromatic rings. The smallest absolute Gasteiger partial charge is 0.0748 e. The van der Waals surface area contributed by atoms with Crippen molar-refractivity contribution >= 4 is 0 Å². The van der Waals surface area contributed by atoms with Crippen LogP contribution in [0.25, 0.3) is 0 Å². The van der Waals surface area contributed by atoms with Gasteiger partial charge in [-0.15, -0.1) is 0 Å². The maximum absolute atomic E-state index is 5.56. The Morgan fingerprint density at radius 3 is 2.27 bits per heavy atom. The first-order valence-corrected chi connectivity index (χ1v) is 4.32. The van der Waals surface area contributed by atoms with Crippen LogP contribution in [0, 0.1) is 5.92 Å². The molecule has 2 N–H and O–H groups in total. The van der Waals surface area contributed by atoms with Crippen molar-refractivity contribution in [2.45, 2.75) is 39.7 Å². The summed E-state index contributed by atoms with van der Waals surface area (Å²) in [5, 5.41) is 0. The molecule has 0 atom stereocenters. The highest BCUT2D eigenvalue weighted by Gasteiger charge is 2.14. The molecule has 0 aliphatic rings. The second kappa shape index (κ2) is 4.73. The average molecular weight is 159 g/mol. The van der Waals surface area contributed by atoms with Crippen LogP contribution in [0.3, 0.4) is 0 Å². The number of rotatable bonds is 5. The van der Waals surface area contributed by atoms with E-state index in [-0.39, 0.29) is 5.60 Å². The summed E-state index contributed by atoms with van der Waals surface area (Å²) >= 11 is 0. The van der Waals surface area contributed by atoms with Gasteiger partial charge in [0.15, 0.2) is 0 Å². The molecule has 0 saturated carbocycles. The summed E-state index contributed by atoms with van der Waals surface area (Å²) < 4.78 is 5.56. The fourth-order valence-electron chi connectivity index (χ4n) is 0.630. The minimum absolute atomic E-state index is 0.144. The van der Waals surface area contributed by atoms with Crippen LogP contribution in [0.4, 0.5) is 0 Å². The summed E-state index contributed by atoms with van der Waals surface area (Å²) in [6.07, 6.45) is 1.11. The molecular weight excluding hydrogens is 138 g/mol. The lowest BCUT2D eigenvalue weighted by Gasteiger charge is -2.23. The van der Waals surface area contributed by atoms with Crippen LogP contribution in [0.5, 0.6) is 0 Å². The van der Waals surface area contributed by atoms with Crippen molar-refractivity contribution in [2.75, 3.05) is 13.2 Å². The molecule has 0 heterocycles. The zero-order valence-corrected chi connectivity index (χ0v) is 8.18. The molecule has 0 aromatic heterocycles. The minimum Gasteiger partial charge on any atom is -0.374 e. The second-order valence-electron chi connectivity index (χ2n) is 3.99. The standard InChI is InChI=1S/C9H21NO/c1-8(2)5-6-11-9(3,4)7-10/h8H,5-7,10H2,1-4H3. The lowest BCUT2D eigenvalue weighted by molar-refractivity contribution is -0.0150. The molecular formula is C9H21NO. The van der Waals surface area contributed by atoms with Gasteiger partial charge >= 0.3 is 0 Å². The average Bonchev–Trinajstić information content (AvgIpc) is 1.87. The summed E-state index contributed by atoms with van der Waals surface area (Å²) in [7, 11) is 0. The molecule has 0 saturated heterocycles. The van der Waals surface area contributed by atoms with Gasteiger partial charge in [0.2, 0.25) is 0 Å². The predicted octanol–water partition coefficient (Wildman–Crippen LogP) is 1.79. The molecule has 0 aromatic carbocycles. The van der Waals surface area contributed by atoms with E-state index in [2.05, 4.69) is 13.8 Å². The normalized spacial score (nSPS) is 12.5. The molecule has 0 amide bonds. The summed E-state index contributed by atoms with van der Waals surface area (Å²) in [5.74, 6) is 0.712. The van der Waals surface area contributed by atoms with Gasteiger partial charge in [-0.2, -0.15) is 0 Å². The van der Waals surface area contributed by atoms with Crippen molar-refractivity contribution in [1.82, 2.24) is 0 Å². The Labute approximate surface area is 70.1 Å². The van der Waals surface area contributed by atoms with E-state index >= 15 is 0 Å². The third-order valence-electron chi connectivity index (χ3n) is 1.68. The second-order valence-corrected chi connectivity index (χ2v) is 3.99. The number of nitrogens with two attached hydrogens (primary N) is 1. The van der Waals surface area contributed by atoms with Gasteiger partial charge in [0, 0.05) is 13.2 Å². The van der Waals surface area contributed by atoms with Gasteiger partial charge in [-0.25, -0.2) is 0 Å². The van der Waals surface area contributed by atoms with Crippen molar-refractivity contribution in [3.8, 4) is 0 Å². The Bertz CT molecular complexity index is 99.7.